The molecule has 0 aliphatic carbocycles. The van der Waals surface area contributed by atoms with Crippen LogP contribution in [0.15, 0.2) is 24.3 Å². The van der Waals surface area contributed by atoms with E-state index in [0.29, 0.717) is 31.5 Å². The summed E-state index contributed by atoms with van der Waals surface area (Å²) in [5, 5.41) is 12.2. The van der Waals surface area contributed by atoms with E-state index in [0.717, 1.165) is 0 Å². The quantitative estimate of drug-likeness (QED) is 0.852. The molecule has 0 atom stereocenters. The maximum atomic E-state index is 14.0. The summed E-state index contributed by atoms with van der Waals surface area (Å²) in [7, 11) is 0. The zero-order chi connectivity index (χ0) is 12.3. The van der Waals surface area contributed by atoms with Gasteiger partial charge in [0.2, 0.25) is 0 Å². The minimum atomic E-state index is -2.65. The van der Waals surface area contributed by atoms with Crippen molar-refractivity contribution in [3.05, 3.63) is 29.8 Å². The minimum absolute atomic E-state index is 0.110. The third-order valence-corrected chi connectivity index (χ3v) is 3.31. The second-order valence-corrected chi connectivity index (χ2v) is 4.63. The maximum Gasteiger partial charge on any atom is 0.254 e. The Labute approximate surface area is 99.7 Å². The van der Waals surface area contributed by atoms with Gasteiger partial charge in [-0.15, -0.1) is 0 Å². The number of halogens is 2. The largest absolute Gasteiger partial charge is 0.508 e. The first-order valence-electron chi connectivity index (χ1n) is 5.94. The van der Waals surface area contributed by atoms with E-state index in [1.165, 1.54) is 12.1 Å². The molecule has 0 radical (unpaired) electrons. The molecule has 2 N–H and O–H groups in total. The van der Waals surface area contributed by atoms with Gasteiger partial charge >= 0.3 is 0 Å². The molecule has 1 aromatic carbocycles. The summed E-state index contributed by atoms with van der Waals surface area (Å²) in [6.07, 6.45) is 0.827. The van der Waals surface area contributed by atoms with E-state index < -0.39 is 11.8 Å². The number of hydrogen-bond acceptors (Lipinski definition) is 2. The van der Waals surface area contributed by atoms with Gasteiger partial charge in [-0.25, -0.2) is 8.78 Å². The van der Waals surface area contributed by atoms with E-state index in [-0.39, 0.29) is 12.2 Å². The topological polar surface area (TPSA) is 32.3 Å². The van der Waals surface area contributed by atoms with Crippen molar-refractivity contribution < 1.29 is 13.9 Å². The fraction of sp³-hybridized carbons (Fsp3) is 0.538. The van der Waals surface area contributed by atoms with Gasteiger partial charge in [-0.1, -0.05) is 12.1 Å². The molecule has 1 aromatic rings. The van der Waals surface area contributed by atoms with Crippen LogP contribution in [0, 0.1) is 5.92 Å². The van der Waals surface area contributed by atoms with Gasteiger partial charge in [0, 0.05) is 12.3 Å². The second-order valence-electron chi connectivity index (χ2n) is 4.63. The average molecular weight is 241 g/mol. The molecular formula is C13H17F2NO. The molecule has 0 saturated carbocycles. The van der Waals surface area contributed by atoms with E-state index in [4.69, 9.17) is 5.11 Å². The normalized spacial score (nSPS) is 18.2. The minimum Gasteiger partial charge on any atom is -0.508 e. The Balaban J connectivity index is 2.02. The van der Waals surface area contributed by atoms with Crippen molar-refractivity contribution in [2.45, 2.75) is 25.2 Å². The molecule has 1 aliphatic rings. The Morgan fingerprint density at radius 3 is 2.35 bits per heavy atom. The fourth-order valence-electron chi connectivity index (χ4n) is 2.27. The van der Waals surface area contributed by atoms with Gasteiger partial charge in [0.25, 0.3) is 5.92 Å². The molecular weight excluding hydrogens is 224 g/mol. The highest BCUT2D eigenvalue weighted by Crippen LogP contribution is 2.34. The van der Waals surface area contributed by atoms with Crippen LogP contribution in [-0.2, 0) is 6.42 Å². The predicted octanol–water partition coefficient (Wildman–Crippen LogP) is 2.57. The van der Waals surface area contributed by atoms with Crippen molar-refractivity contribution in [1.82, 2.24) is 5.32 Å². The van der Waals surface area contributed by atoms with Gasteiger partial charge in [0.15, 0.2) is 0 Å². The Morgan fingerprint density at radius 1 is 1.18 bits per heavy atom. The highest BCUT2D eigenvalue weighted by molar-refractivity contribution is 5.26. The lowest BCUT2D eigenvalue weighted by Gasteiger charge is -2.30. The molecule has 1 fully saturated rings. The third kappa shape index (κ3) is 3.16. The summed E-state index contributed by atoms with van der Waals surface area (Å²) >= 11 is 0. The Hall–Kier alpha value is -1.16. The number of alkyl halides is 2. The summed E-state index contributed by atoms with van der Waals surface area (Å²) in [6.45, 7) is 1.35. The molecule has 0 spiro atoms. The van der Waals surface area contributed by atoms with Crippen LogP contribution in [-0.4, -0.2) is 24.1 Å². The number of phenols is 1. The van der Waals surface area contributed by atoms with Crippen LogP contribution in [0.2, 0.25) is 0 Å². The zero-order valence-electron chi connectivity index (χ0n) is 9.63. The van der Waals surface area contributed by atoms with Crippen molar-refractivity contribution in [2.75, 3.05) is 13.1 Å². The lowest BCUT2D eigenvalue weighted by molar-refractivity contribution is -0.0675. The molecule has 1 heterocycles. The summed E-state index contributed by atoms with van der Waals surface area (Å²) in [5.41, 5.74) is 0.575. The predicted molar refractivity (Wildman–Crippen MR) is 62.4 cm³/mol. The van der Waals surface area contributed by atoms with Crippen molar-refractivity contribution in [2.24, 2.45) is 5.92 Å². The summed E-state index contributed by atoms with van der Waals surface area (Å²) in [6, 6.07) is 6.02. The second kappa shape index (κ2) is 5.00. The van der Waals surface area contributed by atoms with Crippen molar-refractivity contribution in [3.63, 3.8) is 0 Å². The highest BCUT2D eigenvalue weighted by Gasteiger charge is 2.39. The lowest BCUT2D eigenvalue weighted by Crippen LogP contribution is -2.39. The van der Waals surface area contributed by atoms with Gasteiger partial charge in [-0.3, -0.25) is 0 Å². The average Bonchev–Trinajstić information content (AvgIpc) is 2.33. The number of nitrogens with one attached hydrogen (secondary N) is 1. The van der Waals surface area contributed by atoms with Crippen molar-refractivity contribution >= 4 is 0 Å². The molecule has 0 bridgehead atoms. The number of piperidine rings is 1. The van der Waals surface area contributed by atoms with Crippen LogP contribution in [0.4, 0.5) is 8.78 Å². The summed E-state index contributed by atoms with van der Waals surface area (Å²) in [5.74, 6) is -3.07. The first-order chi connectivity index (χ1) is 8.08. The van der Waals surface area contributed by atoms with E-state index in [9.17, 15) is 8.78 Å². The van der Waals surface area contributed by atoms with E-state index in [2.05, 4.69) is 5.32 Å². The molecule has 1 saturated heterocycles. The van der Waals surface area contributed by atoms with Gasteiger partial charge in [0.05, 0.1) is 0 Å². The van der Waals surface area contributed by atoms with Crippen LogP contribution in [0.25, 0.3) is 0 Å². The Kier molecular flexibility index (Phi) is 3.62. The smallest absolute Gasteiger partial charge is 0.254 e. The molecule has 0 aromatic heterocycles. The van der Waals surface area contributed by atoms with Crippen LogP contribution >= 0.6 is 0 Å². The SMILES string of the molecule is Oc1ccc(CC(F)(F)C2CCNCC2)cc1. The van der Waals surface area contributed by atoms with E-state index in [1.54, 1.807) is 12.1 Å². The standard InChI is InChI=1S/C13H17F2NO/c14-13(15,11-5-7-16-8-6-11)9-10-1-3-12(17)4-2-10/h1-4,11,16-17H,5-9H2. The number of aromatic hydroxyl groups is 1. The van der Waals surface area contributed by atoms with Crippen LogP contribution in [0.1, 0.15) is 18.4 Å². The zero-order valence-corrected chi connectivity index (χ0v) is 9.63. The molecule has 0 amide bonds. The Morgan fingerprint density at radius 2 is 1.76 bits per heavy atom. The molecule has 94 valence electrons. The lowest BCUT2D eigenvalue weighted by atomic mass is 9.87. The monoisotopic (exact) mass is 241 g/mol. The number of phenolic OH excluding ortho intramolecular Hbond substituents is 1. The maximum absolute atomic E-state index is 14.0. The number of rotatable bonds is 3. The molecule has 2 rings (SSSR count). The van der Waals surface area contributed by atoms with Gasteiger partial charge in [0.1, 0.15) is 5.75 Å². The Bertz CT molecular complexity index is 358. The molecule has 4 heteroatoms. The van der Waals surface area contributed by atoms with Gasteiger partial charge < -0.3 is 10.4 Å². The number of hydrogen-bond donors (Lipinski definition) is 2. The molecule has 0 unspecified atom stereocenters. The summed E-state index contributed by atoms with van der Waals surface area (Å²) in [4.78, 5) is 0. The van der Waals surface area contributed by atoms with Crippen LogP contribution in [0.5, 0.6) is 5.75 Å². The van der Waals surface area contributed by atoms with Gasteiger partial charge in [-0.2, -0.15) is 0 Å². The van der Waals surface area contributed by atoms with Gasteiger partial charge in [-0.05, 0) is 43.6 Å². The third-order valence-electron chi connectivity index (χ3n) is 3.31. The first kappa shape index (κ1) is 12.3. The first-order valence-corrected chi connectivity index (χ1v) is 5.94. The van der Waals surface area contributed by atoms with Crippen LogP contribution < -0.4 is 5.32 Å². The van der Waals surface area contributed by atoms with Crippen LogP contribution in [0.3, 0.4) is 0 Å². The molecule has 1 aliphatic heterocycles. The van der Waals surface area contributed by atoms with Crippen molar-refractivity contribution in [1.29, 1.82) is 0 Å². The number of benzene rings is 1. The molecule has 17 heavy (non-hydrogen) atoms. The van der Waals surface area contributed by atoms with E-state index >= 15 is 0 Å². The summed E-state index contributed by atoms with van der Waals surface area (Å²) < 4.78 is 28.0. The fourth-order valence-corrected chi connectivity index (χ4v) is 2.27. The van der Waals surface area contributed by atoms with E-state index in [1.807, 2.05) is 0 Å². The highest BCUT2D eigenvalue weighted by atomic mass is 19.3. The van der Waals surface area contributed by atoms with Crippen molar-refractivity contribution in [3.8, 4) is 5.75 Å². The molecule has 2 nitrogen and oxygen atoms in total.